The molecule has 0 radical (unpaired) electrons. The number of hydrogen-bond acceptors (Lipinski definition) is 7. The van der Waals surface area contributed by atoms with E-state index in [-0.39, 0.29) is 12.0 Å². The van der Waals surface area contributed by atoms with Crippen LogP contribution in [0.4, 0.5) is 20.5 Å². The molecule has 1 aliphatic rings. The minimum absolute atomic E-state index is 0.205. The van der Waals surface area contributed by atoms with E-state index in [2.05, 4.69) is 20.6 Å². The molecule has 32 heavy (non-hydrogen) atoms. The van der Waals surface area contributed by atoms with E-state index in [1.807, 2.05) is 17.0 Å². The Kier molecular flexibility index (Phi) is 6.71. The summed E-state index contributed by atoms with van der Waals surface area (Å²) in [6.45, 7) is 3.24. The summed E-state index contributed by atoms with van der Waals surface area (Å²) in [5.41, 5.74) is 2.36. The number of oxazole rings is 1. The number of anilines is 2. The maximum absolute atomic E-state index is 12.5. The van der Waals surface area contributed by atoms with Crippen molar-refractivity contribution in [1.29, 1.82) is 0 Å². The van der Waals surface area contributed by atoms with Crippen LogP contribution in [-0.4, -0.2) is 60.7 Å². The molecule has 8 nitrogen and oxygen atoms in total. The summed E-state index contributed by atoms with van der Waals surface area (Å²) >= 11 is 5.83. The van der Waals surface area contributed by atoms with Gasteiger partial charge in [0.2, 0.25) is 5.65 Å². The fourth-order valence-electron chi connectivity index (χ4n) is 3.24. The standard InChI is InChI=1S/C21H22ClF2N5O3/c1-12(18(23)24)31-15-10-29(11-15)14-4-2-13(3-5-14)20(30)25-8-9-26-21-28-19-16(32-21)6-7-17(22)27-19/h2-7,12,15,18H,8-11H2,1H3,(H,25,30)(H,26,27,28). The molecular formula is C21H22ClF2N5O3. The number of ether oxygens (including phenoxy) is 1. The van der Waals surface area contributed by atoms with Gasteiger partial charge in [-0.1, -0.05) is 11.6 Å². The topological polar surface area (TPSA) is 92.5 Å². The van der Waals surface area contributed by atoms with Crippen molar-refractivity contribution in [3.63, 3.8) is 0 Å². The highest BCUT2D eigenvalue weighted by Gasteiger charge is 2.31. The number of nitrogens with zero attached hydrogens (tertiary/aromatic N) is 3. The van der Waals surface area contributed by atoms with Crippen LogP contribution in [0.5, 0.6) is 0 Å². The number of pyridine rings is 1. The molecule has 0 saturated carbocycles. The molecule has 1 aliphatic heterocycles. The van der Waals surface area contributed by atoms with E-state index in [9.17, 15) is 13.6 Å². The summed E-state index contributed by atoms with van der Waals surface area (Å²) in [5.74, 6) is -0.208. The number of carbonyl (C=O) groups is 1. The van der Waals surface area contributed by atoms with Crippen molar-refractivity contribution in [2.24, 2.45) is 0 Å². The number of hydrogen-bond donors (Lipinski definition) is 2. The average Bonchev–Trinajstić information content (AvgIpc) is 3.15. The van der Waals surface area contributed by atoms with Crippen molar-refractivity contribution in [3.8, 4) is 0 Å². The third-order valence-corrected chi connectivity index (χ3v) is 5.22. The lowest BCUT2D eigenvalue weighted by atomic mass is 10.1. The largest absolute Gasteiger partial charge is 0.422 e. The van der Waals surface area contributed by atoms with Crippen molar-refractivity contribution < 1.29 is 22.7 Å². The molecular weight excluding hydrogens is 444 g/mol. The lowest BCUT2D eigenvalue weighted by molar-refractivity contribution is -0.0891. The Morgan fingerprint density at radius 1 is 1.22 bits per heavy atom. The Morgan fingerprint density at radius 3 is 2.69 bits per heavy atom. The van der Waals surface area contributed by atoms with Gasteiger partial charge in [-0.05, 0) is 43.3 Å². The van der Waals surface area contributed by atoms with E-state index in [0.29, 0.717) is 54.1 Å². The van der Waals surface area contributed by atoms with Gasteiger partial charge in [0, 0.05) is 37.4 Å². The number of halogens is 3. The minimum atomic E-state index is -2.48. The highest BCUT2D eigenvalue weighted by Crippen LogP contribution is 2.24. The molecule has 1 atom stereocenters. The second-order valence-corrected chi connectivity index (χ2v) is 7.79. The van der Waals surface area contributed by atoms with Crippen LogP contribution < -0.4 is 15.5 Å². The maximum atomic E-state index is 12.5. The van der Waals surface area contributed by atoms with Crippen LogP contribution in [0.2, 0.25) is 5.15 Å². The summed E-state index contributed by atoms with van der Waals surface area (Å²) in [6, 6.07) is 10.7. The first-order valence-electron chi connectivity index (χ1n) is 10.1. The van der Waals surface area contributed by atoms with Crippen LogP contribution in [0.3, 0.4) is 0 Å². The Labute approximate surface area is 187 Å². The lowest BCUT2D eigenvalue weighted by Crippen LogP contribution is -2.53. The predicted octanol–water partition coefficient (Wildman–Crippen LogP) is 3.58. The molecule has 11 heteroatoms. The van der Waals surface area contributed by atoms with Crippen LogP contribution >= 0.6 is 11.6 Å². The Hall–Kier alpha value is -2.98. The van der Waals surface area contributed by atoms with Gasteiger partial charge >= 0.3 is 0 Å². The first-order valence-corrected chi connectivity index (χ1v) is 10.5. The van der Waals surface area contributed by atoms with E-state index < -0.39 is 12.5 Å². The number of aromatic nitrogens is 2. The van der Waals surface area contributed by atoms with E-state index in [1.54, 1.807) is 24.3 Å². The van der Waals surface area contributed by atoms with Crippen molar-refractivity contribution in [2.45, 2.75) is 25.6 Å². The van der Waals surface area contributed by atoms with Gasteiger partial charge in [-0.2, -0.15) is 4.98 Å². The van der Waals surface area contributed by atoms with Gasteiger partial charge in [-0.15, -0.1) is 0 Å². The minimum Gasteiger partial charge on any atom is -0.422 e. The first-order chi connectivity index (χ1) is 15.4. The Balaban J connectivity index is 1.19. The van der Waals surface area contributed by atoms with Crippen LogP contribution in [0.25, 0.3) is 11.2 Å². The van der Waals surface area contributed by atoms with E-state index in [1.165, 1.54) is 6.92 Å². The molecule has 0 bridgehead atoms. The molecule has 1 amide bonds. The smallest absolute Gasteiger partial charge is 0.297 e. The Bertz CT molecular complexity index is 1070. The molecule has 2 aromatic heterocycles. The molecule has 4 rings (SSSR count). The van der Waals surface area contributed by atoms with Crippen LogP contribution in [0.1, 0.15) is 17.3 Å². The average molecular weight is 466 g/mol. The monoisotopic (exact) mass is 465 g/mol. The summed E-state index contributed by atoms with van der Waals surface area (Å²) in [7, 11) is 0. The molecule has 0 spiro atoms. The fourth-order valence-corrected chi connectivity index (χ4v) is 3.38. The third kappa shape index (κ3) is 5.25. The van der Waals surface area contributed by atoms with Gasteiger partial charge in [-0.3, -0.25) is 4.79 Å². The van der Waals surface area contributed by atoms with Gasteiger partial charge in [0.15, 0.2) is 5.58 Å². The van der Waals surface area contributed by atoms with Gasteiger partial charge in [0.1, 0.15) is 11.3 Å². The molecule has 1 aromatic carbocycles. The third-order valence-electron chi connectivity index (χ3n) is 5.01. The van der Waals surface area contributed by atoms with Crippen LogP contribution in [0.15, 0.2) is 40.8 Å². The van der Waals surface area contributed by atoms with Crippen molar-refractivity contribution in [1.82, 2.24) is 15.3 Å². The summed E-state index contributed by atoms with van der Waals surface area (Å²) < 4.78 is 35.9. The van der Waals surface area contributed by atoms with Crippen molar-refractivity contribution in [3.05, 3.63) is 47.1 Å². The molecule has 170 valence electrons. The van der Waals surface area contributed by atoms with E-state index in [0.717, 1.165) is 5.69 Å². The number of carbonyl (C=O) groups excluding carboxylic acids is 1. The normalized spacial score (nSPS) is 15.1. The second-order valence-electron chi connectivity index (χ2n) is 7.41. The van der Waals surface area contributed by atoms with Crippen LogP contribution in [0, 0.1) is 0 Å². The highest BCUT2D eigenvalue weighted by molar-refractivity contribution is 6.29. The Morgan fingerprint density at radius 2 is 1.97 bits per heavy atom. The van der Waals surface area contributed by atoms with Crippen molar-refractivity contribution in [2.75, 3.05) is 36.4 Å². The van der Waals surface area contributed by atoms with Gasteiger partial charge in [-0.25, -0.2) is 13.8 Å². The van der Waals surface area contributed by atoms with E-state index >= 15 is 0 Å². The molecule has 3 aromatic rings. The summed E-state index contributed by atoms with van der Waals surface area (Å²) in [6.07, 6.45) is -3.76. The number of alkyl halides is 2. The quantitative estimate of drug-likeness (QED) is 0.368. The van der Waals surface area contributed by atoms with E-state index in [4.69, 9.17) is 20.8 Å². The number of benzene rings is 1. The molecule has 1 saturated heterocycles. The SMILES string of the molecule is CC(OC1CN(c2ccc(C(=O)NCCNc3nc4nc(Cl)ccc4o3)cc2)C1)C(F)F. The summed E-state index contributed by atoms with van der Waals surface area (Å²) in [4.78, 5) is 22.6. The van der Waals surface area contributed by atoms with Crippen molar-refractivity contribution >= 4 is 40.4 Å². The molecule has 2 N–H and O–H groups in total. The van der Waals surface area contributed by atoms with Gasteiger partial charge < -0.3 is 24.7 Å². The second kappa shape index (κ2) is 9.66. The number of fused-ring (bicyclic) bond motifs is 1. The van der Waals surface area contributed by atoms with Gasteiger partial charge in [0.05, 0.1) is 6.10 Å². The molecule has 1 unspecified atom stereocenters. The summed E-state index contributed by atoms with van der Waals surface area (Å²) in [5, 5.41) is 6.13. The number of nitrogens with one attached hydrogen (secondary N) is 2. The molecule has 0 aliphatic carbocycles. The number of amides is 1. The highest BCUT2D eigenvalue weighted by atomic mass is 35.5. The number of rotatable bonds is 9. The predicted molar refractivity (Wildman–Crippen MR) is 117 cm³/mol. The zero-order valence-electron chi connectivity index (χ0n) is 17.2. The zero-order chi connectivity index (χ0) is 22.7. The van der Waals surface area contributed by atoms with Gasteiger partial charge in [0.25, 0.3) is 18.3 Å². The lowest BCUT2D eigenvalue weighted by Gasteiger charge is -2.41. The first kappa shape index (κ1) is 22.2. The maximum Gasteiger partial charge on any atom is 0.297 e. The molecule has 1 fully saturated rings. The molecule has 3 heterocycles. The fraction of sp³-hybridized carbons (Fsp3) is 0.381. The van der Waals surface area contributed by atoms with Crippen LogP contribution in [-0.2, 0) is 4.74 Å². The zero-order valence-corrected chi connectivity index (χ0v) is 18.0.